The van der Waals surface area contributed by atoms with Crippen LogP contribution in [0.2, 0.25) is 0 Å². The fraction of sp³-hybridized carbons (Fsp3) is 0.533. The maximum Gasteiger partial charge on any atom is 0.118 e. The second kappa shape index (κ2) is 10.8. The molecule has 0 N–H and O–H groups in total. The zero-order chi connectivity index (χ0) is 14.7. The van der Waals surface area contributed by atoms with Gasteiger partial charge in [-0.1, -0.05) is 19.1 Å². The molecule has 0 aromatic heterocycles. The molecule has 0 heterocycles. The summed E-state index contributed by atoms with van der Waals surface area (Å²) in [6, 6.07) is 0. The van der Waals surface area contributed by atoms with E-state index < -0.39 is 0 Å². The molecule has 0 aromatic rings. The van der Waals surface area contributed by atoms with E-state index in [2.05, 4.69) is 62.3 Å². The summed E-state index contributed by atoms with van der Waals surface area (Å²) in [4.78, 5) is 8.92. The van der Waals surface area contributed by atoms with Crippen LogP contribution in [0.15, 0.2) is 42.1 Å². The number of aliphatic imine (C=N–C) groups is 1. The maximum atomic E-state index is 4.64. The molecule has 0 unspecified atom stereocenters. The molecule has 104 valence electrons. The van der Waals surface area contributed by atoms with Crippen molar-refractivity contribution in [3.8, 4) is 0 Å². The zero-order valence-electron chi connectivity index (χ0n) is 13.0. The third-order valence-corrected chi connectivity index (χ3v) is 2.42. The molecule has 3 heteroatoms. The van der Waals surface area contributed by atoms with Gasteiger partial charge in [-0.05, 0) is 33.5 Å². The Morgan fingerprint density at radius 2 is 1.67 bits per heavy atom. The number of amidine groups is 1. The Morgan fingerprint density at radius 3 is 1.94 bits per heavy atom. The first kappa shape index (κ1) is 19.0. The lowest BCUT2D eigenvalue weighted by Gasteiger charge is -2.21. The predicted molar refractivity (Wildman–Crippen MR) is 84.1 cm³/mol. The molecule has 0 bridgehead atoms. The third kappa shape index (κ3) is 7.85. The minimum absolute atomic E-state index is 0.855. The highest BCUT2D eigenvalue weighted by Crippen LogP contribution is 2.07. The van der Waals surface area contributed by atoms with E-state index >= 15 is 0 Å². The molecule has 0 aliphatic carbocycles. The molecular formula is C15H29N3. The number of allylic oxidation sites excluding steroid dienone is 2. The van der Waals surface area contributed by atoms with Crippen LogP contribution in [0.4, 0.5) is 0 Å². The molecule has 0 atom stereocenters. The fourth-order valence-electron chi connectivity index (χ4n) is 1.13. The van der Waals surface area contributed by atoms with Gasteiger partial charge in [0.25, 0.3) is 0 Å². The van der Waals surface area contributed by atoms with Crippen molar-refractivity contribution in [1.29, 1.82) is 0 Å². The zero-order valence-corrected chi connectivity index (χ0v) is 13.0. The van der Waals surface area contributed by atoms with E-state index in [1.807, 2.05) is 20.2 Å². The van der Waals surface area contributed by atoms with Gasteiger partial charge < -0.3 is 4.90 Å². The Labute approximate surface area is 113 Å². The SMILES string of the molecule is C=C.C=CC(N=C(CN(C)CC)N(C)C)=C(C)C. The van der Waals surface area contributed by atoms with Crippen LogP contribution < -0.4 is 0 Å². The average Bonchev–Trinajstić information content (AvgIpc) is 2.35. The largest absolute Gasteiger partial charge is 0.365 e. The molecule has 18 heavy (non-hydrogen) atoms. The van der Waals surface area contributed by atoms with E-state index in [1.165, 1.54) is 5.57 Å². The number of likely N-dealkylation sites (N-methyl/N-ethyl adjacent to an activating group) is 2. The molecule has 0 aliphatic heterocycles. The van der Waals surface area contributed by atoms with Gasteiger partial charge in [0.15, 0.2) is 0 Å². The van der Waals surface area contributed by atoms with Crippen LogP contribution in [-0.4, -0.2) is 49.9 Å². The van der Waals surface area contributed by atoms with E-state index in [0.29, 0.717) is 0 Å². The molecule has 0 saturated heterocycles. The van der Waals surface area contributed by atoms with Crippen molar-refractivity contribution in [2.24, 2.45) is 4.99 Å². The van der Waals surface area contributed by atoms with Crippen molar-refractivity contribution in [3.63, 3.8) is 0 Å². The van der Waals surface area contributed by atoms with Crippen molar-refractivity contribution >= 4 is 5.84 Å². The minimum atomic E-state index is 0.855. The smallest absolute Gasteiger partial charge is 0.118 e. The van der Waals surface area contributed by atoms with Gasteiger partial charge >= 0.3 is 0 Å². The van der Waals surface area contributed by atoms with Crippen LogP contribution in [0.3, 0.4) is 0 Å². The summed E-state index contributed by atoms with van der Waals surface area (Å²) in [7, 11) is 6.14. The highest BCUT2D eigenvalue weighted by Gasteiger charge is 2.06. The standard InChI is InChI=1S/C13H25N3.C2H4/c1-8-12(11(3)4)14-13(15(5)6)10-16(7)9-2;1-2/h8H,1,9-10H2,2-7H3;1-2H2. The summed E-state index contributed by atoms with van der Waals surface area (Å²) in [6.07, 6.45) is 1.81. The molecule has 0 amide bonds. The van der Waals surface area contributed by atoms with E-state index in [9.17, 15) is 0 Å². The fourth-order valence-corrected chi connectivity index (χ4v) is 1.13. The molecule has 0 aromatic carbocycles. The first-order valence-electron chi connectivity index (χ1n) is 6.15. The maximum absolute atomic E-state index is 4.64. The number of hydrogen-bond donors (Lipinski definition) is 0. The predicted octanol–water partition coefficient (Wildman–Crippen LogP) is 3.18. The summed E-state index contributed by atoms with van der Waals surface area (Å²) < 4.78 is 0. The Hall–Kier alpha value is -1.35. The Balaban J connectivity index is 0. The van der Waals surface area contributed by atoms with Gasteiger partial charge in [-0.15, -0.1) is 13.2 Å². The average molecular weight is 251 g/mol. The molecule has 0 radical (unpaired) electrons. The van der Waals surface area contributed by atoms with Gasteiger partial charge in [0.1, 0.15) is 5.84 Å². The normalized spacial score (nSPS) is 10.5. The van der Waals surface area contributed by atoms with Gasteiger partial charge in [0.2, 0.25) is 0 Å². The summed E-state index contributed by atoms with van der Waals surface area (Å²) in [5, 5.41) is 0. The second-order valence-electron chi connectivity index (χ2n) is 4.34. The lowest BCUT2D eigenvalue weighted by Crippen LogP contribution is -2.34. The molecule has 3 nitrogen and oxygen atoms in total. The van der Waals surface area contributed by atoms with Crippen molar-refractivity contribution in [2.75, 3.05) is 34.2 Å². The highest BCUT2D eigenvalue weighted by atomic mass is 15.2. The summed E-state index contributed by atoms with van der Waals surface area (Å²) in [6.45, 7) is 17.9. The third-order valence-electron chi connectivity index (χ3n) is 2.42. The highest BCUT2D eigenvalue weighted by molar-refractivity contribution is 5.85. The first-order valence-corrected chi connectivity index (χ1v) is 6.15. The van der Waals surface area contributed by atoms with Crippen LogP contribution in [0, 0.1) is 0 Å². The van der Waals surface area contributed by atoms with Gasteiger partial charge in [0.05, 0.1) is 12.2 Å². The summed E-state index contributed by atoms with van der Waals surface area (Å²) >= 11 is 0. The van der Waals surface area contributed by atoms with Crippen molar-refractivity contribution in [1.82, 2.24) is 9.80 Å². The van der Waals surface area contributed by atoms with Gasteiger partial charge in [-0.25, -0.2) is 4.99 Å². The molecule has 0 rings (SSSR count). The minimum Gasteiger partial charge on any atom is -0.365 e. The van der Waals surface area contributed by atoms with E-state index in [-0.39, 0.29) is 0 Å². The van der Waals surface area contributed by atoms with Crippen LogP contribution in [-0.2, 0) is 0 Å². The van der Waals surface area contributed by atoms with Crippen LogP contribution in [0.25, 0.3) is 0 Å². The van der Waals surface area contributed by atoms with Gasteiger partial charge in [0, 0.05) is 14.1 Å². The van der Waals surface area contributed by atoms with Crippen molar-refractivity contribution in [3.05, 3.63) is 37.1 Å². The molecule has 0 fully saturated rings. The second-order valence-corrected chi connectivity index (χ2v) is 4.34. The lowest BCUT2D eigenvalue weighted by atomic mass is 10.2. The van der Waals surface area contributed by atoms with E-state index in [0.717, 1.165) is 24.6 Å². The summed E-state index contributed by atoms with van der Waals surface area (Å²) in [5.41, 5.74) is 2.15. The van der Waals surface area contributed by atoms with E-state index in [4.69, 9.17) is 0 Å². The number of hydrogen-bond acceptors (Lipinski definition) is 2. The Bertz CT molecular complexity index is 297. The van der Waals surface area contributed by atoms with Crippen LogP contribution in [0.1, 0.15) is 20.8 Å². The van der Waals surface area contributed by atoms with Gasteiger partial charge in [-0.2, -0.15) is 0 Å². The van der Waals surface area contributed by atoms with Gasteiger partial charge in [-0.3, -0.25) is 4.90 Å². The topological polar surface area (TPSA) is 18.8 Å². The Kier molecular flexibility index (Phi) is 11.4. The molecular weight excluding hydrogens is 222 g/mol. The molecule has 0 saturated carbocycles. The van der Waals surface area contributed by atoms with Crippen molar-refractivity contribution < 1.29 is 0 Å². The lowest BCUT2D eigenvalue weighted by molar-refractivity contribution is 0.387. The quantitative estimate of drug-likeness (QED) is 0.323. The number of nitrogens with zero attached hydrogens (tertiary/aromatic N) is 3. The van der Waals surface area contributed by atoms with E-state index in [1.54, 1.807) is 0 Å². The van der Waals surface area contributed by atoms with Crippen LogP contribution in [0.5, 0.6) is 0 Å². The molecule has 0 spiro atoms. The van der Waals surface area contributed by atoms with Crippen molar-refractivity contribution in [2.45, 2.75) is 20.8 Å². The molecule has 0 aliphatic rings. The monoisotopic (exact) mass is 251 g/mol. The number of rotatable bonds is 5. The Morgan fingerprint density at radius 1 is 1.17 bits per heavy atom. The van der Waals surface area contributed by atoms with Crippen LogP contribution >= 0.6 is 0 Å². The summed E-state index contributed by atoms with van der Waals surface area (Å²) in [5.74, 6) is 1.06. The first-order chi connectivity index (χ1) is 8.42.